The molecule has 4 heterocycles. The van der Waals surface area contributed by atoms with Gasteiger partial charge in [-0.2, -0.15) is 5.10 Å². The number of amides is 1. The lowest BCUT2D eigenvalue weighted by molar-refractivity contribution is 0.0926. The Labute approximate surface area is 173 Å². The zero-order valence-corrected chi connectivity index (χ0v) is 17.0. The van der Waals surface area contributed by atoms with Gasteiger partial charge in [0, 0.05) is 30.4 Å². The topological polar surface area (TPSA) is 86.8 Å². The normalized spacial score (nSPS) is 17.2. The Balaban J connectivity index is 1.20. The van der Waals surface area contributed by atoms with Crippen LogP contribution < -0.4 is 10.2 Å². The molecule has 0 aromatic carbocycles. The van der Waals surface area contributed by atoms with Crippen molar-refractivity contribution < 1.29 is 4.79 Å². The van der Waals surface area contributed by atoms with Crippen LogP contribution in [0.5, 0.6) is 0 Å². The summed E-state index contributed by atoms with van der Waals surface area (Å²) in [4.78, 5) is 25.1. The van der Waals surface area contributed by atoms with Crippen LogP contribution in [0.25, 0.3) is 10.6 Å². The van der Waals surface area contributed by atoms with Crippen LogP contribution in [0.2, 0.25) is 0 Å². The van der Waals surface area contributed by atoms with Gasteiger partial charge in [0.15, 0.2) is 5.69 Å². The Morgan fingerprint density at radius 3 is 2.90 bits per heavy atom. The molecule has 3 aromatic heterocycles. The number of hydrogen-bond donors (Lipinski definition) is 2. The van der Waals surface area contributed by atoms with E-state index in [1.54, 1.807) is 17.7 Å². The summed E-state index contributed by atoms with van der Waals surface area (Å²) < 4.78 is 0. The van der Waals surface area contributed by atoms with E-state index in [-0.39, 0.29) is 11.9 Å². The first-order chi connectivity index (χ1) is 14.3. The first-order valence-electron chi connectivity index (χ1n) is 10.3. The summed E-state index contributed by atoms with van der Waals surface area (Å²) in [5.41, 5.74) is 3.88. The number of thiophene rings is 1. The Morgan fingerprint density at radius 1 is 1.21 bits per heavy atom. The first-order valence-corrected chi connectivity index (χ1v) is 11.1. The van der Waals surface area contributed by atoms with Crippen LogP contribution in [0.3, 0.4) is 0 Å². The van der Waals surface area contributed by atoms with Crippen molar-refractivity contribution in [1.82, 2.24) is 25.5 Å². The zero-order valence-electron chi connectivity index (χ0n) is 16.2. The van der Waals surface area contributed by atoms with Crippen LogP contribution in [0.15, 0.2) is 29.9 Å². The van der Waals surface area contributed by atoms with E-state index >= 15 is 0 Å². The highest BCUT2D eigenvalue weighted by Gasteiger charge is 2.26. The molecule has 1 saturated heterocycles. The highest BCUT2D eigenvalue weighted by atomic mass is 32.1. The Bertz CT molecular complexity index is 991. The van der Waals surface area contributed by atoms with Crippen molar-refractivity contribution in [2.45, 2.75) is 44.6 Å². The van der Waals surface area contributed by atoms with E-state index in [9.17, 15) is 4.79 Å². The lowest BCUT2D eigenvalue weighted by Crippen LogP contribution is -2.45. The number of piperidine rings is 1. The summed E-state index contributed by atoms with van der Waals surface area (Å²) in [6.45, 7) is 1.80. The molecule has 150 valence electrons. The number of hydrogen-bond acceptors (Lipinski definition) is 6. The van der Waals surface area contributed by atoms with Gasteiger partial charge in [0.05, 0.1) is 10.6 Å². The second-order valence-electron chi connectivity index (χ2n) is 7.71. The molecule has 0 radical (unpaired) electrons. The van der Waals surface area contributed by atoms with Gasteiger partial charge < -0.3 is 10.2 Å². The number of carbonyl (C=O) groups is 1. The van der Waals surface area contributed by atoms with Crippen molar-refractivity contribution in [3.05, 3.63) is 46.9 Å². The molecule has 1 amide bonds. The van der Waals surface area contributed by atoms with E-state index < -0.39 is 0 Å². The second kappa shape index (κ2) is 7.94. The average Bonchev–Trinajstić information content (AvgIpc) is 3.46. The maximum Gasteiger partial charge on any atom is 0.272 e. The molecule has 2 aliphatic rings. The largest absolute Gasteiger partial charge is 0.356 e. The first kappa shape index (κ1) is 18.3. The van der Waals surface area contributed by atoms with Crippen LogP contribution in [0, 0.1) is 0 Å². The molecular formula is C21H24N6OS. The molecule has 0 atom stereocenters. The Hall–Kier alpha value is -2.74. The molecule has 1 fully saturated rings. The molecule has 1 aliphatic carbocycles. The molecular weight excluding hydrogens is 384 g/mol. The van der Waals surface area contributed by atoms with E-state index in [2.05, 4.69) is 30.4 Å². The summed E-state index contributed by atoms with van der Waals surface area (Å²) in [5.74, 6) is 0.995. The third-order valence-corrected chi connectivity index (χ3v) is 6.73. The predicted molar refractivity (Wildman–Crippen MR) is 113 cm³/mol. The number of fused-ring (bicyclic) bond motifs is 1. The lowest BCUT2D eigenvalue weighted by atomic mass is 9.95. The van der Waals surface area contributed by atoms with Crippen molar-refractivity contribution in [2.75, 3.05) is 18.0 Å². The highest BCUT2D eigenvalue weighted by molar-refractivity contribution is 7.13. The van der Waals surface area contributed by atoms with Gasteiger partial charge in [0.25, 0.3) is 5.91 Å². The number of nitrogens with zero attached hydrogens (tertiary/aromatic N) is 4. The quantitative estimate of drug-likeness (QED) is 0.692. The minimum atomic E-state index is -0.109. The SMILES string of the molecule is O=C(NC1CCN(c2ncnc3c2CCCC3)CC1)c1cc(-c2cccs2)[nH]n1. The van der Waals surface area contributed by atoms with Gasteiger partial charge in [-0.3, -0.25) is 9.89 Å². The number of aromatic nitrogens is 4. The molecule has 3 aromatic rings. The fourth-order valence-electron chi connectivity index (χ4n) is 4.27. The van der Waals surface area contributed by atoms with Crippen LogP contribution in [-0.4, -0.2) is 45.2 Å². The third kappa shape index (κ3) is 3.76. The predicted octanol–water partition coefficient (Wildman–Crippen LogP) is 3.21. The minimum absolute atomic E-state index is 0.109. The Kier molecular flexibility index (Phi) is 5.01. The van der Waals surface area contributed by atoms with Gasteiger partial charge >= 0.3 is 0 Å². The van der Waals surface area contributed by atoms with E-state index in [0.717, 1.165) is 55.2 Å². The zero-order chi connectivity index (χ0) is 19.6. The Morgan fingerprint density at radius 2 is 2.07 bits per heavy atom. The number of anilines is 1. The van der Waals surface area contributed by atoms with Crippen LogP contribution in [0.4, 0.5) is 5.82 Å². The van der Waals surface area contributed by atoms with Crippen LogP contribution in [-0.2, 0) is 12.8 Å². The standard InChI is InChI=1S/C21H24N6OS/c28-21(18-12-17(25-26-18)19-6-3-11-29-19)24-14-7-9-27(10-8-14)20-15-4-1-2-5-16(15)22-13-23-20/h3,6,11-14H,1-2,4-5,7-10H2,(H,24,28)(H,25,26). The molecule has 0 bridgehead atoms. The molecule has 0 spiro atoms. The summed E-state index contributed by atoms with van der Waals surface area (Å²) in [6, 6.07) is 5.99. The molecule has 2 N–H and O–H groups in total. The average molecular weight is 409 g/mol. The number of rotatable bonds is 4. The van der Waals surface area contributed by atoms with Crippen molar-refractivity contribution in [2.24, 2.45) is 0 Å². The van der Waals surface area contributed by atoms with E-state index in [1.165, 1.54) is 24.1 Å². The number of aromatic amines is 1. The van der Waals surface area contributed by atoms with Gasteiger partial charge in [-0.1, -0.05) is 6.07 Å². The molecule has 29 heavy (non-hydrogen) atoms. The third-order valence-electron chi connectivity index (χ3n) is 5.83. The van der Waals surface area contributed by atoms with Crippen LogP contribution in [0.1, 0.15) is 47.4 Å². The molecule has 7 nitrogen and oxygen atoms in total. The fourth-order valence-corrected chi connectivity index (χ4v) is 4.96. The van der Waals surface area contributed by atoms with Crippen molar-refractivity contribution in [3.8, 4) is 10.6 Å². The van der Waals surface area contributed by atoms with Gasteiger partial charge in [0.2, 0.25) is 0 Å². The van der Waals surface area contributed by atoms with Crippen molar-refractivity contribution in [1.29, 1.82) is 0 Å². The van der Waals surface area contributed by atoms with Crippen molar-refractivity contribution in [3.63, 3.8) is 0 Å². The molecule has 1 aliphatic heterocycles. The van der Waals surface area contributed by atoms with E-state index in [0.29, 0.717) is 5.69 Å². The summed E-state index contributed by atoms with van der Waals surface area (Å²) in [6.07, 6.45) is 8.11. The van der Waals surface area contributed by atoms with Gasteiger partial charge in [-0.05, 0) is 56.0 Å². The summed E-state index contributed by atoms with van der Waals surface area (Å²) in [7, 11) is 0. The monoisotopic (exact) mass is 408 g/mol. The number of aryl methyl sites for hydroxylation is 1. The number of carbonyl (C=O) groups excluding carboxylic acids is 1. The molecule has 0 unspecified atom stereocenters. The minimum Gasteiger partial charge on any atom is -0.356 e. The molecule has 0 saturated carbocycles. The van der Waals surface area contributed by atoms with Gasteiger partial charge in [-0.25, -0.2) is 9.97 Å². The summed E-state index contributed by atoms with van der Waals surface area (Å²) >= 11 is 1.63. The van der Waals surface area contributed by atoms with E-state index in [1.807, 2.05) is 23.6 Å². The maximum absolute atomic E-state index is 12.6. The van der Waals surface area contributed by atoms with Crippen LogP contribution >= 0.6 is 11.3 Å². The molecule has 8 heteroatoms. The fraction of sp³-hybridized carbons (Fsp3) is 0.429. The second-order valence-corrected chi connectivity index (χ2v) is 8.66. The maximum atomic E-state index is 12.6. The smallest absolute Gasteiger partial charge is 0.272 e. The van der Waals surface area contributed by atoms with E-state index in [4.69, 9.17) is 0 Å². The molecule has 5 rings (SSSR count). The summed E-state index contributed by atoms with van der Waals surface area (Å²) in [5, 5.41) is 12.3. The lowest BCUT2D eigenvalue weighted by Gasteiger charge is -2.34. The van der Waals surface area contributed by atoms with Gasteiger partial charge in [0.1, 0.15) is 12.1 Å². The highest BCUT2D eigenvalue weighted by Crippen LogP contribution is 2.29. The number of nitrogens with one attached hydrogen (secondary N) is 2. The number of H-pyrrole nitrogens is 1. The van der Waals surface area contributed by atoms with Crippen molar-refractivity contribution >= 4 is 23.1 Å². The van der Waals surface area contributed by atoms with Gasteiger partial charge in [-0.15, -0.1) is 11.3 Å².